The van der Waals surface area contributed by atoms with E-state index in [-0.39, 0.29) is 24.1 Å². The number of rotatable bonds is 8. The van der Waals surface area contributed by atoms with Gasteiger partial charge in [-0.1, -0.05) is 36.6 Å². The van der Waals surface area contributed by atoms with Gasteiger partial charge >= 0.3 is 12.3 Å². The van der Waals surface area contributed by atoms with E-state index >= 15 is 0 Å². The number of pyridine rings is 1. The zero-order valence-electron chi connectivity index (χ0n) is 21.6. The molecule has 1 N–H and O–H groups in total. The van der Waals surface area contributed by atoms with Crippen molar-refractivity contribution in [2.75, 3.05) is 0 Å². The number of carboxylic acids is 1. The number of nitrogens with zero attached hydrogens (tertiary/aromatic N) is 3. The van der Waals surface area contributed by atoms with Crippen molar-refractivity contribution in [1.29, 1.82) is 0 Å². The molecule has 2 aromatic heterocycles. The molecule has 0 radical (unpaired) electrons. The van der Waals surface area contributed by atoms with E-state index in [4.69, 9.17) is 21.3 Å². The molecule has 1 fully saturated rings. The van der Waals surface area contributed by atoms with Gasteiger partial charge in [0, 0.05) is 23.2 Å². The molecular weight excluding hydrogens is 547 g/mol. The summed E-state index contributed by atoms with van der Waals surface area (Å²) in [7, 11) is 0. The molecule has 2 aromatic carbocycles. The van der Waals surface area contributed by atoms with Crippen molar-refractivity contribution in [3.05, 3.63) is 82.4 Å². The molecule has 7 nitrogen and oxygen atoms in total. The lowest BCUT2D eigenvalue weighted by molar-refractivity contribution is -0.274. The van der Waals surface area contributed by atoms with Crippen molar-refractivity contribution >= 4 is 28.6 Å². The summed E-state index contributed by atoms with van der Waals surface area (Å²) in [4.78, 5) is 21.3. The fraction of sp³-hybridized carbons (Fsp3) is 0.345. The highest BCUT2D eigenvalue weighted by molar-refractivity contribution is 6.31. The van der Waals surface area contributed by atoms with Crippen molar-refractivity contribution in [3.8, 4) is 11.5 Å². The first-order chi connectivity index (χ1) is 19.1. The Hall–Kier alpha value is -3.79. The summed E-state index contributed by atoms with van der Waals surface area (Å²) in [5, 5.41) is 10.0. The second-order valence-corrected chi connectivity index (χ2v) is 10.4. The number of fused-ring (bicyclic) bond motifs is 1. The molecule has 2 heterocycles. The Labute approximate surface area is 233 Å². The monoisotopic (exact) mass is 573 g/mol. The lowest BCUT2D eigenvalue weighted by Gasteiger charge is -2.28. The van der Waals surface area contributed by atoms with Gasteiger partial charge in [0.25, 0.3) is 0 Å². The first kappa shape index (κ1) is 27.8. The Morgan fingerprint density at radius 3 is 2.58 bits per heavy atom. The summed E-state index contributed by atoms with van der Waals surface area (Å²) in [5.74, 6) is -1.04. The number of aliphatic carboxylic acids is 1. The number of ether oxygens (including phenoxy) is 2. The number of aromatic nitrogens is 3. The normalized spacial score (nSPS) is 17.6. The van der Waals surface area contributed by atoms with Gasteiger partial charge in [0.2, 0.25) is 0 Å². The fourth-order valence-corrected chi connectivity index (χ4v) is 5.39. The fourth-order valence-electron chi connectivity index (χ4n) is 5.16. The summed E-state index contributed by atoms with van der Waals surface area (Å²) >= 11 is 6.40. The molecule has 2 atom stereocenters. The maximum Gasteiger partial charge on any atom is 0.573 e. The van der Waals surface area contributed by atoms with Crippen LogP contribution in [-0.4, -0.2) is 32.0 Å². The SMILES string of the molecule is Cc1ccc(COc2ccc3nc([C@H]4CCCC[C@H]4C(=O)O)n(Cc4ccc(OC(F)(F)F)cc4Cl)c3c2)nc1. The van der Waals surface area contributed by atoms with Crippen molar-refractivity contribution in [3.63, 3.8) is 0 Å². The van der Waals surface area contributed by atoms with Crippen molar-refractivity contribution in [1.82, 2.24) is 14.5 Å². The minimum atomic E-state index is -4.84. The molecule has 210 valence electrons. The largest absolute Gasteiger partial charge is 0.573 e. The highest BCUT2D eigenvalue weighted by Crippen LogP contribution is 2.40. The van der Waals surface area contributed by atoms with Crippen LogP contribution in [0.4, 0.5) is 13.2 Å². The van der Waals surface area contributed by atoms with E-state index in [0.29, 0.717) is 41.0 Å². The summed E-state index contributed by atoms with van der Waals surface area (Å²) in [5.41, 5.74) is 3.69. The summed E-state index contributed by atoms with van der Waals surface area (Å²) in [6, 6.07) is 13.1. The molecule has 0 spiro atoms. The van der Waals surface area contributed by atoms with E-state index < -0.39 is 24.0 Å². The number of imidazole rings is 1. The van der Waals surface area contributed by atoms with Gasteiger partial charge in [-0.3, -0.25) is 9.78 Å². The van der Waals surface area contributed by atoms with Crippen molar-refractivity contribution in [2.24, 2.45) is 5.92 Å². The Bertz CT molecular complexity index is 1520. The van der Waals surface area contributed by atoms with Gasteiger partial charge in [-0.2, -0.15) is 0 Å². The lowest BCUT2D eigenvalue weighted by Crippen LogP contribution is -2.27. The topological polar surface area (TPSA) is 86.5 Å². The average molecular weight is 574 g/mol. The zero-order chi connectivity index (χ0) is 28.4. The second-order valence-electron chi connectivity index (χ2n) is 9.96. The van der Waals surface area contributed by atoms with Crippen LogP contribution in [0, 0.1) is 12.8 Å². The smallest absolute Gasteiger partial charge is 0.487 e. The van der Waals surface area contributed by atoms with Crippen LogP contribution in [-0.2, 0) is 17.9 Å². The minimum Gasteiger partial charge on any atom is -0.487 e. The van der Waals surface area contributed by atoms with Crippen LogP contribution < -0.4 is 9.47 Å². The number of alkyl halides is 3. The lowest BCUT2D eigenvalue weighted by atomic mass is 9.78. The Kier molecular flexibility index (Phi) is 7.89. The van der Waals surface area contributed by atoms with Crippen LogP contribution in [0.2, 0.25) is 5.02 Å². The van der Waals surface area contributed by atoms with Gasteiger partial charge in [-0.05, 0) is 61.2 Å². The van der Waals surface area contributed by atoms with E-state index in [1.165, 1.54) is 12.1 Å². The molecule has 0 aliphatic heterocycles. The van der Waals surface area contributed by atoms with Crippen molar-refractivity contribution in [2.45, 2.75) is 58.0 Å². The summed E-state index contributed by atoms with van der Waals surface area (Å²) < 4.78 is 50.0. The molecule has 0 bridgehead atoms. The van der Waals surface area contributed by atoms with Crippen LogP contribution in [0.15, 0.2) is 54.7 Å². The summed E-state index contributed by atoms with van der Waals surface area (Å²) in [6.07, 6.45) is -0.165. The Morgan fingerprint density at radius 2 is 1.88 bits per heavy atom. The third-order valence-corrected chi connectivity index (χ3v) is 7.46. The van der Waals surface area contributed by atoms with E-state index in [9.17, 15) is 23.1 Å². The van der Waals surface area contributed by atoms with E-state index in [0.717, 1.165) is 30.2 Å². The maximum atomic E-state index is 12.7. The number of hydrogen-bond donors (Lipinski definition) is 1. The second kappa shape index (κ2) is 11.4. The first-order valence-electron chi connectivity index (χ1n) is 12.9. The van der Waals surface area contributed by atoms with Gasteiger partial charge in [0.05, 0.1) is 29.2 Å². The van der Waals surface area contributed by atoms with Crippen LogP contribution >= 0.6 is 11.6 Å². The number of carbonyl (C=O) groups is 1. The van der Waals surface area contributed by atoms with Crippen molar-refractivity contribution < 1.29 is 32.5 Å². The maximum absolute atomic E-state index is 12.7. The van der Waals surface area contributed by atoms with Crippen LogP contribution in [0.25, 0.3) is 11.0 Å². The molecule has 0 amide bonds. The van der Waals surface area contributed by atoms with Crippen LogP contribution in [0.5, 0.6) is 11.5 Å². The Morgan fingerprint density at radius 1 is 1.10 bits per heavy atom. The third-order valence-electron chi connectivity index (χ3n) is 7.11. The number of benzene rings is 2. The van der Waals surface area contributed by atoms with Gasteiger partial charge < -0.3 is 19.1 Å². The van der Waals surface area contributed by atoms with E-state index in [1.807, 2.05) is 35.8 Å². The predicted molar refractivity (Wildman–Crippen MR) is 143 cm³/mol. The minimum absolute atomic E-state index is 0.0887. The number of aryl methyl sites for hydroxylation is 1. The highest BCUT2D eigenvalue weighted by atomic mass is 35.5. The number of halogens is 4. The van der Waals surface area contributed by atoms with Gasteiger partial charge in [-0.15, -0.1) is 13.2 Å². The third kappa shape index (κ3) is 6.33. The molecular formula is C29H27ClF3N3O4. The molecule has 0 saturated heterocycles. The standard InChI is InChI=1S/C29H27ClF3N3O4/c1-17-6-8-19(34-14-17)16-39-20-10-11-25-26(13-20)36(27(35-25)22-4-2-3-5-23(22)28(37)38)15-18-7-9-21(12-24(18)30)40-29(31,32)33/h6-14,22-23H,2-5,15-16H2,1H3,(H,37,38)/t22-,23+/m0/s1. The molecule has 1 saturated carbocycles. The van der Waals surface area contributed by atoms with Crippen LogP contribution in [0.1, 0.15) is 54.2 Å². The quantitative estimate of drug-likeness (QED) is 0.238. The first-order valence-corrected chi connectivity index (χ1v) is 13.3. The Balaban J connectivity index is 1.52. The van der Waals surface area contributed by atoms with Gasteiger partial charge in [-0.25, -0.2) is 4.98 Å². The molecule has 4 aromatic rings. The molecule has 0 unspecified atom stereocenters. The van der Waals surface area contributed by atoms with E-state index in [1.54, 1.807) is 12.3 Å². The van der Waals surface area contributed by atoms with E-state index in [2.05, 4.69) is 9.72 Å². The molecule has 5 rings (SSSR count). The van der Waals surface area contributed by atoms with Gasteiger partial charge in [0.15, 0.2) is 0 Å². The number of hydrogen-bond acceptors (Lipinski definition) is 5. The van der Waals surface area contributed by atoms with Crippen LogP contribution in [0.3, 0.4) is 0 Å². The average Bonchev–Trinajstić information content (AvgIpc) is 3.26. The predicted octanol–water partition coefficient (Wildman–Crippen LogP) is 7.28. The number of carboxylic acid groups (broad SMARTS) is 1. The van der Waals surface area contributed by atoms with Gasteiger partial charge in [0.1, 0.15) is 23.9 Å². The molecule has 1 aliphatic carbocycles. The highest BCUT2D eigenvalue weighted by Gasteiger charge is 2.36. The summed E-state index contributed by atoms with van der Waals surface area (Å²) in [6.45, 7) is 2.38. The zero-order valence-corrected chi connectivity index (χ0v) is 22.4. The molecule has 1 aliphatic rings. The molecule has 40 heavy (non-hydrogen) atoms. The molecule has 11 heteroatoms.